The summed E-state index contributed by atoms with van der Waals surface area (Å²) in [6, 6.07) is 3.36. The molecule has 0 radical (unpaired) electrons. The Balaban J connectivity index is 3.14. The fourth-order valence-corrected chi connectivity index (χ4v) is 3.22. The van der Waals surface area contributed by atoms with E-state index in [4.69, 9.17) is 16.6 Å². The Morgan fingerprint density at radius 3 is 1.92 bits per heavy atom. The van der Waals surface area contributed by atoms with Crippen LogP contribution in [0.25, 0.3) is 0 Å². The molecule has 198 valence electrons. The lowest BCUT2D eigenvalue weighted by Gasteiger charge is -2.26. The van der Waals surface area contributed by atoms with Crippen molar-refractivity contribution in [1.82, 2.24) is 16.0 Å². The lowest BCUT2D eigenvalue weighted by atomic mass is 10.0. The maximum absolute atomic E-state index is 13.0. The number of amides is 4. The predicted octanol–water partition coefficient (Wildman–Crippen LogP) is -1.51. The summed E-state index contributed by atoms with van der Waals surface area (Å²) in [5.41, 5.74) is 11.3. The van der Waals surface area contributed by atoms with Gasteiger partial charge in [0, 0.05) is 12.8 Å². The molecule has 0 aliphatic carbocycles. The average molecular weight is 508 g/mol. The van der Waals surface area contributed by atoms with E-state index in [1.165, 1.54) is 0 Å². The summed E-state index contributed by atoms with van der Waals surface area (Å²) in [6.45, 7) is 3.22. The summed E-state index contributed by atoms with van der Waals surface area (Å²) in [5.74, 6) is -6.35. The zero-order valence-corrected chi connectivity index (χ0v) is 20.1. The minimum atomic E-state index is -1.40. The molecule has 13 heteroatoms. The molecule has 36 heavy (non-hydrogen) atoms. The molecule has 0 heterocycles. The fraction of sp³-hybridized carbons (Fsp3) is 0.478. The van der Waals surface area contributed by atoms with Crippen molar-refractivity contribution in [3.05, 3.63) is 35.9 Å². The van der Waals surface area contributed by atoms with Gasteiger partial charge in [-0.25, -0.2) is 4.79 Å². The predicted molar refractivity (Wildman–Crippen MR) is 127 cm³/mol. The van der Waals surface area contributed by atoms with Gasteiger partial charge in [0.05, 0.1) is 12.5 Å². The summed E-state index contributed by atoms with van der Waals surface area (Å²) in [4.78, 5) is 72.0. The van der Waals surface area contributed by atoms with Gasteiger partial charge < -0.3 is 37.6 Å². The first-order chi connectivity index (χ1) is 16.8. The molecule has 4 atom stereocenters. The van der Waals surface area contributed by atoms with Crippen LogP contribution in [0.15, 0.2) is 30.3 Å². The quantitative estimate of drug-likeness (QED) is 0.146. The summed E-state index contributed by atoms with van der Waals surface area (Å²) in [6.07, 6.45) is -1.33. The highest BCUT2D eigenvalue weighted by molar-refractivity contribution is 5.95. The van der Waals surface area contributed by atoms with E-state index in [1.54, 1.807) is 44.2 Å². The second-order valence-electron chi connectivity index (χ2n) is 8.59. The Morgan fingerprint density at radius 1 is 0.861 bits per heavy atom. The SMILES string of the molecule is CC(C)C(NC(=O)C(Cc1ccccc1)NC(=O)C(CCC(=O)O)NC(=O)C(N)CC(N)=O)C(=O)O. The normalized spacial score (nSPS) is 14.1. The molecule has 0 aliphatic rings. The number of primary amides is 1. The molecular formula is C23H33N5O8. The molecule has 0 aliphatic heterocycles. The van der Waals surface area contributed by atoms with Gasteiger partial charge in [0.15, 0.2) is 0 Å². The Kier molecular flexibility index (Phi) is 12.0. The lowest BCUT2D eigenvalue weighted by Crippen LogP contribution is -2.58. The molecule has 0 saturated carbocycles. The minimum Gasteiger partial charge on any atom is -0.481 e. The van der Waals surface area contributed by atoms with Gasteiger partial charge in [-0.05, 0) is 17.9 Å². The van der Waals surface area contributed by atoms with Gasteiger partial charge in [-0.1, -0.05) is 44.2 Å². The Hall–Kier alpha value is -4.00. The number of carboxylic acids is 2. The first-order valence-electron chi connectivity index (χ1n) is 11.2. The number of hydrogen-bond acceptors (Lipinski definition) is 7. The first kappa shape index (κ1) is 30.0. The van der Waals surface area contributed by atoms with Crippen LogP contribution in [0.4, 0.5) is 0 Å². The number of nitrogens with one attached hydrogen (secondary N) is 3. The standard InChI is InChI=1S/C23H33N5O8/c1-12(2)19(23(35)36)28-22(34)16(10-13-6-4-3-5-7-13)27-21(33)15(8-9-18(30)31)26-20(32)14(24)11-17(25)29/h3-7,12,14-16,19H,8-11,24H2,1-2H3,(H2,25,29)(H,26,32)(H,27,33)(H,28,34)(H,30,31)(H,35,36). The van der Waals surface area contributed by atoms with E-state index in [0.29, 0.717) is 5.56 Å². The first-order valence-corrected chi connectivity index (χ1v) is 11.2. The minimum absolute atomic E-state index is 0.0103. The van der Waals surface area contributed by atoms with Crippen LogP contribution in [-0.2, 0) is 35.2 Å². The van der Waals surface area contributed by atoms with Crippen molar-refractivity contribution in [2.24, 2.45) is 17.4 Å². The van der Waals surface area contributed by atoms with Crippen molar-refractivity contribution >= 4 is 35.6 Å². The summed E-state index contributed by atoms with van der Waals surface area (Å²) < 4.78 is 0. The van der Waals surface area contributed by atoms with E-state index < -0.39 is 78.5 Å². The van der Waals surface area contributed by atoms with Crippen molar-refractivity contribution in [2.45, 2.75) is 63.7 Å². The number of aliphatic carboxylic acids is 2. The molecule has 0 aromatic heterocycles. The van der Waals surface area contributed by atoms with Gasteiger partial charge in [0.2, 0.25) is 23.6 Å². The third kappa shape index (κ3) is 10.5. The average Bonchev–Trinajstić information content (AvgIpc) is 2.78. The molecule has 1 rings (SSSR count). The third-order valence-electron chi connectivity index (χ3n) is 5.18. The molecule has 9 N–H and O–H groups in total. The number of nitrogens with two attached hydrogens (primary N) is 2. The highest BCUT2D eigenvalue weighted by Crippen LogP contribution is 2.08. The second-order valence-corrected chi connectivity index (χ2v) is 8.59. The van der Waals surface area contributed by atoms with Crippen LogP contribution in [0.3, 0.4) is 0 Å². The number of carbonyl (C=O) groups is 6. The van der Waals surface area contributed by atoms with Crippen molar-refractivity contribution in [2.75, 3.05) is 0 Å². The van der Waals surface area contributed by atoms with Gasteiger partial charge in [0.25, 0.3) is 0 Å². The van der Waals surface area contributed by atoms with Crippen LogP contribution in [0, 0.1) is 5.92 Å². The van der Waals surface area contributed by atoms with Gasteiger partial charge in [-0.3, -0.25) is 24.0 Å². The highest BCUT2D eigenvalue weighted by Gasteiger charge is 2.31. The second kappa shape index (κ2) is 14.4. The van der Waals surface area contributed by atoms with Crippen LogP contribution in [-0.4, -0.2) is 69.9 Å². The largest absolute Gasteiger partial charge is 0.481 e. The number of rotatable bonds is 15. The summed E-state index contributed by atoms with van der Waals surface area (Å²) >= 11 is 0. The number of benzene rings is 1. The topological polar surface area (TPSA) is 231 Å². The zero-order valence-electron chi connectivity index (χ0n) is 20.1. The molecule has 1 aromatic rings. The van der Waals surface area contributed by atoms with E-state index in [-0.39, 0.29) is 12.8 Å². The molecule has 1 aromatic carbocycles. The van der Waals surface area contributed by atoms with Crippen LogP contribution in [0.2, 0.25) is 0 Å². The highest BCUT2D eigenvalue weighted by atomic mass is 16.4. The fourth-order valence-electron chi connectivity index (χ4n) is 3.22. The molecule has 0 saturated heterocycles. The summed E-state index contributed by atoms with van der Waals surface area (Å²) in [5, 5.41) is 25.6. The van der Waals surface area contributed by atoms with Crippen molar-refractivity contribution < 1.29 is 39.0 Å². The van der Waals surface area contributed by atoms with Crippen LogP contribution in [0.5, 0.6) is 0 Å². The molecule has 13 nitrogen and oxygen atoms in total. The van der Waals surface area contributed by atoms with E-state index in [9.17, 15) is 33.9 Å². The molecule has 0 spiro atoms. The van der Waals surface area contributed by atoms with Gasteiger partial charge in [-0.2, -0.15) is 0 Å². The van der Waals surface area contributed by atoms with Crippen LogP contribution >= 0.6 is 0 Å². The van der Waals surface area contributed by atoms with E-state index in [1.807, 2.05) is 0 Å². The molecular weight excluding hydrogens is 474 g/mol. The van der Waals surface area contributed by atoms with E-state index in [2.05, 4.69) is 16.0 Å². The Labute approximate surface area is 208 Å². The van der Waals surface area contributed by atoms with E-state index >= 15 is 0 Å². The molecule has 0 bridgehead atoms. The van der Waals surface area contributed by atoms with Gasteiger partial charge >= 0.3 is 11.9 Å². The zero-order chi connectivity index (χ0) is 27.4. The monoisotopic (exact) mass is 507 g/mol. The van der Waals surface area contributed by atoms with Gasteiger partial charge in [0.1, 0.15) is 18.1 Å². The molecule has 0 fully saturated rings. The molecule has 4 unspecified atom stereocenters. The van der Waals surface area contributed by atoms with E-state index in [0.717, 1.165) is 0 Å². The van der Waals surface area contributed by atoms with Crippen LogP contribution < -0.4 is 27.4 Å². The van der Waals surface area contributed by atoms with Crippen LogP contribution in [0.1, 0.15) is 38.7 Å². The lowest BCUT2D eigenvalue weighted by molar-refractivity contribution is -0.143. The Morgan fingerprint density at radius 2 is 1.42 bits per heavy atom. The Bertz CT molecular complexity index is 953. The molecule has 4 amide bonds. The maximum atomic E-state index is 13.0. The van der Waals surface area contributed by atoms with Gasteiger partial charge in [-0.15, -0.1) is 0 Å². The van der Waals surface area contributed by atoms with Crippen molar-refractivity contribution in [3.63, 3.8) is 0 Å². The number of carbonyl (C=O) groups excluding carboxylic acids is 4. The smallest absolute Gasteiger partial charge is 0.326 e. The van der Waals surface area contributed by atoms with Crippen molar-refractivity contribution in [1.29, 1.82) is 0 Å². The number of carboxylic acid groups (broad SMARTS) is 2. The van der Waals surface area contributed by atoms with Crippen molar-refractivity contribution in [3.8, 4) is 0 Å². The maximum Gasteiger partial charge on any atom is 0.326 e. The summed E-state index contributed by atoms with van der Waals surface area (Å²) in [7, 11) is 0. The number of hydrogen-bond donors (Lipinski definition) is 7. The third-order valence-corrected chi connectivity index (χ3v) is 5.18.